The van der Waals surface area contributed by atoms with Crippen LogP contribution in [0.25, 0.3) is 0 Å². The molecule has 100 valence electrons. The standard InChI is InChI=1S/C13H16ClNO2.ClH/c1-13-7-15-5-10(13)8-3-4-11(16-2)12(14)9(8)6-17-13;/h3-4,10,15H,5-7H2,1-2H3;1H/t10-,13-;/m0./s1. The first-order valence-electron chi connectivity index (χ1n) is 5.85. The molecular formula is C13H17Cl2NO2. The van der Waals surface area contributed by atoms with Gasteiger partial charge in [-0.2, -0.15) is 0 Å². The van der Waals surface area contributed by atoms with Crippen LogP contribution < -0.4 is 10.1 Å². The van der Waals surface area contributed by atoms with Gasteiger partial charge in [0.1, 0.15) is 5.75 Å². The first-order chi connectivity index (χ1) is 8.15. The van der Waals surface area contributed by atoms with E-state index in [1.54, 1.807) is 7.11 Å². The lowest BCUT2D eigenvalue weighted by Gasteiger charge is -2.37. The largest absolute Gasteiger partial charge is 0.495 e. The van der Waals surface area contributed by atoms with Crippen molar-refractivity contribution in [1.29, 1.82) is 0 Å². The van der Waals surface area contributed by atoms with Crippen LogP contribution in [0.4, 0.5) is 0 Å². The van der Waals surface area contributed by atoms with Crippen molar-refractivity contribution >= 4 is 24.0 Å². The Kier molecular flexibility index (Phi) is 3.79. The third-order valence-corrected chi connectivity index (χ3v) is 4.36. The van der Waals surface area contributed by atoms with Crippen LogP contribution in [0.3, 0.4) is 0 Å². The molecule has 0 unspecified atom stereocenters. The summed E-state index contributed by atoms with van der Waals surface area (Å²) in [6.45, 7) is 4.59. The molecule has 0 amide bonds. The molecule has 2 aliphatic rings. The van der Waals surface area contributed by atoms with E-state index in [0.29, 0.717) is 17.5 Å². The van der Waals surface area contributed by atoms with Crippen LogP contribution in [-0.2, 0) is 11.3 Å². The lowest BCUT2D eigenvalue weighted by molar-refractivity contribution is -0.0517. The van der Waals surface area contributed by atoms with E-state index in [9.17, 15) is 0 Å². The van der Waals surface area contributed by atoms with Gasteiger partial charge < -0.3 is 14.8 Å². The molecule has 3 rings (SSSR count). The normalized spacial score (nSPS) is 29.2. The van der Waals surface area contributed by atoms with Crippen molar-refractivity contribution in [1.82, 2.24) is 5.32 Å². The van der Waals surface area contributed by atoms with Gasteiger partial charge >= 0.3 is 0 Å². The zero-order valence-electron chi connectivity index (χ0n) is 10.5. The van der Waals surface area contributed by atoms with Gasteiger partial charge in [0, 0.05) is 24.6 Å². The van der Waals surface area contributed by atoms with Gasteiger partial charge in [-0.15, -0.1) is 12.4 Å². The average molecular weight is 290 g/mol. The second-order valence-electron chi connectivity index (χ2n) is 4.93. The lowest BCUT2D eigenvalue weighted by Crippen LogP contribution is -2.39. The number of benzene rings is 1. The molecule has 1 aromatic carbocycles. The number of nitrogens with one attached hydrogen (secondary N) is 1. The third-order valence-electron chi connectivity index (χ3n) is 3.95. The fraction of sp³-hybridized carbons (Fsp3) is 0.538. The Labute approximate surface area is 118 Å². The summed E-state index contributed by atoms with van der Waals surface area (Å²) in [4.78, 5) is 0. The van der Waals surface area contributed by atoms with Gasteiger partial charge in [0.2, 0.25) is 0 Å². The van der Waals surface area contributed by atoms with Crippen LogP contribution in [0.2, 0.25) is 5.02 Å². The Hall–Kier alpha value is -0.480. The van der Waals surface area contributed by atoms with Crippen LogP contribution in [0, 0.1) is 0 Å². The number of halogens is 2. The van der Waals surface area contributed by atoms with Crippen molar-refractivity contribution in [3.05, 3.63) is 28.3 Å². The second-order valence-corrected chi connectivity index (χ2v) is 5.31. The molecule has 2 atom stereocenters. The minimum atomic E-state index is -0.0923. The van der Waals surface area contributed by atoms with Gasteiger partial charge in [0.25, 0.3) is 0 Å². The van der Waals surface area contributed by atoms with Gasteiger partial charge in [-0.1, -0.05) is 17.7 Å². The molecule has 0 aliphatic carbocycles. The van der Waals surface area contributed by atoms with Gasteiger partial charge in [-0.25, -0.2) is 0 Å². The predicted octanol–water partition coefficient (Wildman–Crippen LogP) is 2.75. The molecular weight excluding hydrogens is 273 g/mol. The highest BCUT2D eigenvalue weighted by atomic mass is 35.5. The molecule has 0 radical (unpaired) electrons. The lowest BCUT2D eigenvalue weighted by atomic mass is 9.81. The topological polar surface area (TPSA) is 30.5 Å². The van der Waals surface area contributed by atoms with E-state index in [1.165, 1.54) is 5.56 Å². The number of hydrogen-bond acceptors (Lipinski definition) is 3. The molecule has 2 heterocycles. The van der Waals surface area contributed by atoms with Gasteiger partial charge in [-0.05, 0) is 18.6 Å². The number of ether oxygens (including phenoxy) is 2. The first-order valence-corrected chi connectivity index (χ1v) is 6.23. The van der Waals surface area contributed by atoms with Crippen molar-refractivity contribution in [2.75, 3.05) is 20.2 Å². The highest BCUT2D eigenvalue weighted by molar-refractivity contribution is 6.33. The maximum absolute atomic E-state index is 6.34. The molecule has 18 heavy (non-hydrogen) atoms. The summed E-state index contributed by atoms with van der Waals surface area (Å²) < 4.78 is 11.2. The van der Waals surface area contributed by atoms with E-state index >= 15 is 0 Å². The van der Waals surface area contributed by atoms with Crippen LogP contribution >= 0.6 is 24.0 Å². The number of hydrogen-bond donors (Lipinski definition) is 1. The van der Waals surface area contributed by atoms with Crippen LogP contribution in [0.15, 0.2) is 12.1 Å². The molecule has 1 saturated heterocycles. The minimum absolute atomic E-state index is 0. The molecule has 0 aromatic heterocycles. The van der Waals surface area contributed by atoms with E-state index in [1.807, 2.05) is 6.07 Å². The van der Waals surface area contributed by atoms with Crippen molar-refractivity contribution < 1.29 is 9.47 Å². The summed E-state index contributed by atoms with van der Waals surface area (Å²) in [6, 6.07) is 4.07. The number of fused-ring (bicyclic) bond motifs is 3. The zero-order valence-corrected chi connectivity index (χ0v) is 12.0. The maximum atomic E-state index is 6.34. The molecule has 0 saturated carbocycles. The smallest absolute Gasteiger partial charge is 0.137 e. The Morgan fingerprint density at radius 2 is 2.28 bits per heavy atom. The summed E-state index contributed by atoms with van der Waals surface area (Å²) in [5, 5.41) is 4.09. The fourth-order valence-electron chi connectivity index (χ4n) is 2.88. The molecule has 1 N–H and O–H groups in total. The summed E-state index contributed by atoms with van der Waals surface area (Å²) in [6.07, 6.45) is 0. The quantitative estimate of drug-likeness (QED) is 0.862. The summed E-state index contributed by atoms with van der Waals surface area (Å²) in [5.74, 6) is 1.11. The Balaban J connectivity index is 0.00000120. The maximum Gasteiger partial charge on any atom is 0.137 e. The van der Waals surface area contributed by atoms with E-state index in [-0.39, 0.29) is 18.0 Å². The predicted molar refractivity (Wildman–Crippen MR) is 74.1 cm³/mol. The fourth-order valence-corrected chi connectivity index (χ4v) is 3.18. The van der Waals surface area contributed by atoms with Crippen LogP contribution in [-0.4, -0.2) is 25.8 Å². The molecule has 5 heteroatoms. The van der Waals surface area contributed by atoms with Crippen molar-refractivity contribution in [2.45, 2.75) is 25.0 Å². The highest BCUT2D eigenvalue weighted by Gasteiger charge is 2.45. The van der Waals surface area contributed by atoms with Crippen molar-refractivity contribution in [3.63, 3.8) is 0 Å². The second kappa shape index (κ2) is 4.89. The first kappa shape index (κ1) is 13.9. The number of rotatable bonds is 1. The van der Waals surface area contributed by atoms with E-state index < -0.39 is 0 Å². The Morgan fingerprint density at radius 3 is 3.00 bits per heavy atom. The molecule has 0 spiro atoms. The van der Waals surface area contributed by atoms with Crippen molar-refractivity contribution in [3.8, 4) is 5.75 Å². The number of methoxy groups -OCH3 is 1. The van der Waals surface area contributed by atoms with Crippen LogP contribution in [0.1, 0.15) is 24.0 Å². The van der Waals surface area contributed by atoms with Gasteiger partial charge in [0.05, 0.1) is 24.3 Å². The zero-order chi connectivity index (χ0) is 12.0. The molecule has 2 aliphatic heterocycles. The van der Waals surface area contributed by atoms with E-state index in [0.717, 1.165) is 24.4 Å². The van der Waals surface area contributed by atoms with Gasteiger partial charge in [0.15, 0.2) is 0 Å². The SMILES string of the molecule is COc1ccc2c(c1Cl)CO[C@@]1(C)CNC[C@@H]21.Cl. The van der Waals surface area contributed by atoms with Gasteiger partial charge in [-0.3, -0.25) is 0 Å². The Morgan fingerprint density at radius 1 is 1.50 bits per heavy atom. The molecule has 1 aromatic rings. The Bertz CT molecular complexity index is 467. The highest BCUT2D eigenvalue weighted by Crippen LogP contribution is 2.45. The molecule has 0 bridgehead atoms. The summed E-state index contributed by atoms with van der Waals surface area (Å²) >= 11 is 6.34. The minimum Gasteiger partial charge on any atom is -0.495 e. The van der Waals surface area contributed by atoms with E-state index in [2.05, 4.69) is 18.3 Å². The third kappa shape index (κ3) is 1.90. The van der Waals surface area contributed by atoms with Crippen molar-refractivity contribution in [2.24, 2.45) is 0 Å². The monoisotopic (exact) mass is 289 g/mol. The summed E-state index contributed by atoms with van der Waals surface area (Å²) in [5.41, 5.74) is 2.29. The molecule has 1 fully saturated rings. The van der Waals surface area contributed by atoms with Crippen LogP contribution in [0.5, 0.6) is 5.75 Å². The summed E-state index contributed by atoms with van der Waals surface area (Å²) in [7, 11) is 1.64. The molecule has 3 nitrogen and oxygen atoms in total. The van der Waals surface area contributed by atoms with E-state index in [4.69, 9.17) is 21.1 Å². The average Bonchev–Trinajstić information content (AvgIpc) is 2.71.